The number of amides is 1. The van der Waals surface area contributed by atoms with Gasteiger partial charge in [0.2, 0.25) is 0 Å². The molecule has 1 N–H and O–H groups in total. The lowest BCUT2D eigenvalue weighted by Gasteiger charge is -2.33. The molecule has 0 bridgehead atoms. The van der Waals surface area contributed by atoms with Gasteiger partial charge in [-0.1, -0.05) is 48.5 Å². The van der Waals surface area contributed by atoms with Gasteiger partial charge >= 0.3 is 5.97 Å². The molecule has 0 aliphatic carbocycles. The van der Waals surface area contributed by atoms with Crippen molar-refractivity contribution < 1.29 is 23.5 Å². The lowest BCUT2D eigenvalue weighted by molar-refractivity contribution is -0.154. The highest BCUT2D eigenvalue weighted by atomic mass is 16.5. The van der Waals surface area contributed by atoms with Crippen LogP contribution in [0.1, 0.15) is 11.3 Å². The maximum atomic E-state index is 13.3. The number of nitrogens with one attached hydrogen (secondary N) is 1. The van der Waals surface area contributed by atoms with E-state index in [1.165, 1.54) is 12.0 Å². The lowest BCUT2D eigenvalue weighted by Crippen LogP contribution is -2.50. The van der Waals surface area contributed by atoms with Gasteiger partial charge in [0, 0.05) is 34.0 Å². The smallest absolute Gasteiger partial charge is 0.328 e. The van der Waals surface area contributed by atoms with Crippen molar-refractivity contribution in [3.63, 3.8) is 0 Å². The number of aromatic amines is 1. The number of hydrogen-bond donors (Lipinski definition) is 1. The Hall–Kier alpha value is -4.52. The Labute approximate surface area is 207 Å². The number of carbonyl (C=O) groups excluding carboxylic acids is 2. The number of methoxy groups -OCH3 is 1. The van der Waals surface area contributed by atoms with Gasteiger partial charge in [-0.2, -0.15) is 0 Å². The summed E-state index contributed by atoms with van der Waals surface area (Å²) in [5.41, 5.74) is 5.69. The Morgan fingerprint density at radius 2 is 1.83 bits per heavy atom. The molecule has 1 amide bonds. The minimum absolute atomic E-state index is 0.201. The summed E-state index contributed by atoms with van der Waals surface area (Å²) >= 11 is 0. The summed E-state index contributed by atoms with van der Waals surface area (Å²) < 4.78 is 16.6. The summed E-state index contributed by atoms with van der Waals surface area (Å²) in [6.07, 6.45) is 2.11. The quantitative estimate of drug-likeness (QED) is 0.355. The molecule has 0 radical (unpaired) electrons. The van der Waals surface area contributed by atoms with Gasteiger partial charge in [-0.05, 0) is 35.4 Å². The lowest BCUT2D eigenvalue weighted by atomic mass is 9.96. The van der Waals surface area contributed by atoms with Crippen molar-refractivity contribution in [3.8, 4) is 16.9 Å². The Morgan fingerprint density at radius 1 is 1.03 bits per heavy atom. The largest absolute Gasteiger partial charge is 0.484 e. The molecular weight excluding hydrogens is 456 g/mol. The van der Waals surface area contributed by atoms with Gasteiger partial charge in [0.15, 0.2) is 6.61 Å². The van der Waals surface area contributed by atoms with Crippen molar-refractivity contribution in [1.29, 1.82) is 0 Å². The molecule has 0 fully saturated rings. The van der Waals surface area contributed by atoms with Gasteiger partial charge in [0.05, 0.1) is 19.9 Å². The number of fused-ring (bicyclic) bond motifs is 4. The molecule has 36 heavy (non-hydrogen) atoms. The van der Waals surface area contributed by atoms with Crippen LogP contribution >= 0.6 is 0 Å². The van der Waals surface area contributed by atoms with Crippen LogP contribution in [-0.4, -0.2) is 41.5 Å². The molecule has 0 spiro atoms. The number of carbonyl (C=O) groups is 2. The number of ether oxygens (including phenoxy) is 2. The number of rotatable bonds is 5. The first kappa shape index (κ1) is 22.0. The monoisotopic (exact) mass is 480 g/mol. The topological polar surface area (TPSA) is 84.8 Å². The summed E-state index contributed by atoms with van der Waals surface area (Å²) in [6, 6.07) is 22.7. The number of aromatic nitrogens is 1. The third-order valence-electron chi connectivity index (χ3n) is 6.79. The fourth-order valence-corrected chi connectivity index (χ4v) is 4.98. The van der Waals surface area contributed by atoms with Crippen LogP contribution in [0, 0.1) is 0 Å². The SMILES string of the molecule is COC(=O)[C@H]1Cc2c([nH]c3ccccc23)CN1C(=O)COc1ccc2occ(-c3ccccc3)c2c1. The molecule has 0 unspecified atom stereocenters. The molecule has 7 heteroatoms. The van der Waals surface area contributed by atoms with E-state index in [0.717, 1.165) is 44.3 Å². The maximum absolute atomic E-state index is 13.3. The fourth-order valence-electron chi connectivity index (χ4n) is 4.98. The number of esters is 1. The van der Waals surface area contributed by atoms with Crippen LogP contribution in [0.5, 0.6) is 5.75 Å². The maximum Gasteiger partial charge on any atom is 0.328 e. The predicted molar refractivity (Wildman–Crippen MR) is 136 cm³/mol. The van der Waals surface area contributed by atoms with Crippen molar-refractivity contribution in [3.05, 3.63) is 90.3 Å². The van der Waals surface area contributed by atoms with Crippen LogP contribution in [0.25, 0.3) is 33.0 Å². The summed E-state index contributed by atoms with van der Waals surface area (Å²) in [7, 11) is 1.34. The Balaban J connectivity index is 1.24. The number of para-hydroxylation sites is 1. The van der Waals surface area contributed by atoms with Crippen LogP contribution in [0.4, 0.5) is 0 Å². The first-order chi connectivity index (χ1) is 17.6. The highest BCUT2D eigenvalue weighted by molar-refractivity contribution is 5.95. The van der Waals surface area contributed by atoms with Crippen LogP contribution in [-0.2, 0) is 27.3 Å². The molecule has 7 nitrogen and oxygen atoms in total. The van der Waals surface area contributed by atoms with Gasteiger partial charge in [-0.25, -0.2) is 4.79 Å². The molecule has 0 saturated heterocycles. The van der Waals surface area contributed by atoms with E-state index in [-0.39, 0.29) is 19.1 Å². The third kappa shape index (κ3) is 3.79. The zero-order valence-electron chi connectivity index (χ0n) is 19.7. The molecule has 3 aromatic carbocycles. The van der Waals surface area contributed by atoms with Gasteiger partial charge in [-0.3, -0.25) is 4.79 Å². The third-order valence-corrected chi connectivity index (χ3v) is 6.79. The van der Waals surface area contributed by atoms with Crippen LogP contribution < -0.4 is 4.74 Å². The molecule has 2 aromatic heterocycles. The van der Waals surface area contributed by atoms with E-state index in [4.69, 9.17) is 13.9 Å². The van der Waals surface area contributed by atoms with Crippen molar-refractivity contribution in [1.82, 2.24) is 9.88 Å². The Bertz CT molecular complexity index is 1580. The number of furan rings is 1. The van der Waals surface area contributed by atoms with E-state index in [2.05, 4.69) is 4.98 Å². The van der Waals surface area contributed by atoms with Gasteiger partial charge < -0.3 is 23.8 Å². The molecule has 0 saturated carbocycles. The highest BCUT2D eigenvalue weighted by Gasteiger charge is 2.37. The number of hydrogen-bond acceptors (Lipinski definition) is 5. The van der Waals surface area contributed by atoms with E-state index in [0.29, 0.717) is 12.2 Å². The zero-order valence-corrected chi connectivity index (χ0v) is 19.7. The second-order valence-electron chi connectivity index (χ2n) is 8.85. The predicted octanol–water partition coefficient (Wildman–Crippen LogP) is 5.09. The minimum atomic E-state index is -0.709. The van der Waals surface area contributed by atoms with Crippen molar-refractivity contribution in [2.45, 2.75) is 19.0 Å². The van der Waals surface area contributed by atoms with E-state index >= 15 is 0 Å². The number of benzene rings is 3. The van der Waals surface area contributed by atoms with E-state index in [1.807, 2.05) is 66.7 Å². The molecule has 5 aromatic rings. The number of H-pyrrole nitrogens is 1. The van der Waals surface area contributed by atoms with Gasteiger partial charge in [0.1, 0.15) is 17.4 Å². The second kappa shape index (κ2) is 8.92. The Kier molecular flexibility index (Phi) is 5.45. The first-order valence-electron chi connectivity index (χ1n) is 11.8. The van der Waals surface area contributed by atoms with E-state index < -0.39 is 12.0 Å². The standard InChI is InChI=1S/C29H24N2O5/c1-34-29(33)26-14-21-20-9-5-6-10-24(20)30-25(21)15-31(26)28(32)17-35-19-11-12-27-22(13-19)23(16-36-27)18-7-3-2-4-8-18/h2-13,16,26,30H,14-15,17H2,1H3/t26-/m1/s1. The summed E-state index contributed by atoms with van der Waals surface area (Å²) in [5, 5.41) is 1.96. The van der Waals surface area contributed by atoms with Crippen LogP contribution in [0.15, 0.2) is 83.5 Å². The summed E-state index contributed by atoms with van der Waals surface area (Å²) in [4.78, 5) is 30.9. The van der Waals surface area contributed by atoms with E-state index in [1.54, 1.807) is 12.3 Å². The average Bonchev–Trinajstić information content (AvgIpc) is 3.51. The average molecular weight is 481 g/mol. The molecular formula is C29H24N2O5. The van der Waals surface area contributed by atoms with Gasteiger partial charge in [0.25, 0.3) is 5.91 Å². The van der Waals surface area contributed by atoms with Gasteiger partial charge in [-0.15, -0.1) is 0 Å². The van der Waals surface area contributed by atoms with Crippen molar-refractivity contribution in [2.75, 3.05) is 13.7 Å². The van der Waals surface area contributed by atoms with E-state index in [9.17, 15) is 9.59 Å². The van der Waals surface area contributed by atoms with Crippen molar-refractivity contribution >= 4 is 33.7 Å². The minimum Gasteiger partial charge on any atom is -0.484 e. The molecule has 1 atom stereocenters. The molecule has 1 aliphatic rings. The normalized spacial score (nSPS) is 15.1. The summed E-state index contributed by atoms with van der Waals surface area (Å²) in [5.74, 6) is -0.177. The number of nitrogens with zero attached hydrogens (tertiary/aromatic N) is 1. The first-order valence-corrected chi connectivity index (χ1v) is 11.8. The van der Waals surface area contributed by atoms with Crippen LogP contribution in [0.2, 0.25) is 0 Å². The second-order valence-corrected chi connectivity index (χ2v) is 8.85. The molecule has 180 valence electrons. The molecule has 1 aliphatic heterocycles. The molecule has 3 heterocycles. The van der Waals surface area contributed by atoms with Crippen molar-refractivity contribution in [2.24, 2.45) is 0 Å². The summed E-state index contributed by atoms with van der Waals surface area (Å²) in [6.45, 7) is 0.0813. The van der Waals surface area contributed by atoms with Crippen LogP contribution in [0.3, 0.4) is 0 Å². The highest BCUT2D eigenvalue weighted by Crippen LogP contribution is 2.34. The zero-order chi connectivity index (χ0) is 24.6. The molecule has 6 rings (SSSR count). The fraction of sp³-hybridized carbons (Fsp3) is 0.172. The Morgan fingerprint density at radius 3 is 2.67 bits per heavy atom.